The fourth-order valence-corrected chi connectivity index (χ4v) is 5.97. The first kappa shape index (κ1) is 28.3. The lowest BCUT2D eigenvalue weighted by Crippen LogP contribution is -2.43. The van der Waals surface area contributed by atoms with Gasteiger partial charge in [0.05, 0.1) is 24.3 Å². The van der Waals surface area contributed by atoms with Crippen LogP contribution in [0.2, 0.25) is 25.7 Å². The van der Waals surface area contributed by atoms with Crippen molar-refractivity contribution in [2.75, 3.05) is 26.3 Å². The number of fused-ring (bicyclic) bond motifs is 1. The van der Waals surface area contributed by atoms with Gasteiger partial charge in [-0.05, 0) is 59.6 Å². The van der Waals surface area contributed by atoms with Crippen molar-refractivity contribution in [1.29, 1.82) is 0 Å². The Labute approximate surface area is 225 Å². The van der Waals surface area contributed by atoms with E-state index in [1.54, 1.807) is 4.68 Å². The number of benzene rings is 2. The molecule has 0 bridgehead atoms. The highest BCUT2D eigenvalue weighted by Crippen LogP contribution is 2.37. The number of piperidine rings is 1. The monoisotopic (exact) mass is 597 g/mol. The summed E-state index contributed by atoms with van der Waals surface area (Å²) in [5, 5.41) is 8.41. The highest BCUT2D eigenvalue weighted by atomic mass is 79.9. The topological polar surface area (TPSA) is 48.3 Å². The van der Waals surface area contributed by atoms with Crippen molar-refractivity contribution in [3.05, 3.63) is 63.8 Å². The molecule has 5 nitrogen and oxygen atoms in total. The molecular formula is C27H35BrF3N3O2Si-. The van der Waals surface area contributed by atoms with Crippen molar-refractivity contribution < 1.29 is 22.6 Å². The van der Waals surface area contributed by atoms with E-state index >= 15 is 0 Å². The van der Waals surface area contributed by atoms with Gasteiger partial charge < -0.3 is 14.8 Å². The molecule has 3 aromatic rings. The maximum absolute atomic E-state index is 13.8. The molecule has 0 amide bonds. The molecular weight excluding hydrogens is 563 g/mol. The van der Waals surface area contributed by atoms with Crippen LogP contribution in [0.15, 0.2) is 47.1 Å². The Hall–Kier alpha value is -1.72. The summed E-state index contributed by atoms with van der Waals surface area (Å²) in [6.45, 7) is 9.80. The van der Waals surface area contributed by atoms with Gasteiger partial charge in [0, 0.05) is 23.0 Å². The third-order valence-electron chi connectivity index (χ3n) is 6.98. The third-order valence-corrected chi connectivity index (χ3v) is 9.52. The molecule has 0 unspecified atom stereocenters. The average molecular weight is 599 g/mol. The van der Waals surface area contributed by atoms with Gasteiger partial charge in [-0.3, -0.25) is 0 Å². The Morgan fingerprint density at radius 1 is 1.08 bits per heavy atom. The average Bonchev–Trinajstić information content (AvgIpc) is 3.17. The number of hydrogen-bond donors (Lipinski definition) is 1. The van der Waals surface area contributed by atoms with Crippen LogP contribution in [0.25, 0.3) is 10.9 Å². The molecule has 2 heterocycles. The molecule has 1 aromatic heterocycles. The summed E-state index contributed by atoms with van der Waals surface area (Å²) in [6, 6.07) is 13.6. The van der Waals surface area contributed by atoms with Gasteiger partial charge in [-0.1, -0.05) is 30.3 Å². The molecule has 2 aromatic carbocycles. The Kier molecular flexibility index (Phi) is 8.85. The van der Waals surface area contributed by atoms with Crippen molar-refractivity contribution in [1.82, 2.24) is 15.1 Å². The fraction of sp³-hybridized carbons (Fsp3) is 0.519. The first-order valence-electron chi connectivity index (χ1n) is 12.7. The van der Waals surface area contributed by atoms with Crippen LogP contribution in [0.5, 0.6) is 0 Å². The lowest BCUT2D eigenvalue weighted by molar-refractivity contribution is -0.137. The van der Waals surface area contributed by atoms with Gasteiger partial charge in [0.2, 0.25) is 0 Å². The minimum atomic E-state index is -4.47. The van der Waals surface area contributed by atoms with Crippen LogP contribution < -0.4 is 5.32 Å². The lowest BCUT2D eigenvalue weighted by Gasteiger charge is -2.38. The number of nitrogens with one attached hydrogen (secondary N) is 1. The zero-order valence-corrected chi connectivity index (χ0v) is 24.2. The number of rotatable bonds is 10. The van der Waals surface area contributed by atoms with Crippen molar-refractivity contribution in [2.45, 2.75) is 63.5 Å². The molecule has 1 aliphatic rings. The molecule has 1 aliphatic heterocycles. The number of nitrogens with zero attached hydrogens (tertiary/aromatic N) is 2. The summed E-state index contributed by atoms with van der Waals surface area (Å²) in [7, 11) is -1.25. The molecule has 4 rings (SSSR count). The van der Waals surface area contributed by atoms with Gasteiger partial charge in [0.1, 0.15) is 11.3 Å². The van der Waals surface area contributed by atoms with Crippen LogP contribution in [0, 0.1) is 0 Å². The van der Waals surface area contributed by atoms with Gasteiger partial charge in [-0.25, -0.2) is 4.68 Å². The molecule has 0 saturated carbocycles. The van der Waals surface area contributed by atoms with Crippen LogP contribution in [-0.4, -0.2) is 44.2 Å². The van der Waals surface area contributed by atoms with E-state index in [1.807, 2.05) is 18.2 Å². The standard InChI is InChI=1S/C27H35BrF3N3O2Si/c1-37(2,3)14-13-35-19-34-25(28)23-16-22(27(29,30)31)15-20(24(23)33-34)17-36-18-26(9-11-32-12-10-26)21-7-5-4-6-8-21/h4-8,15-16,32H,9-14,17-19H2,1-3H3/q-1. The predicted molar refractivity (Wildman–Crippen MR) is 146 cm³/mol. The molecule has 0 spiro atoms. The second-order valence-electron chi connectivity index (χ2n) is 11.1. The van der Waals surface area contributed by atoms with Crippen molar-refractivity contribution in [2.24, 2.45) is 0 Å². The molecule has 10 heteroatoms. The normalized spacial score (nSPS) is 16.4. The molecule has 1 fully saturated rings. The van der Waals surface area contributed by atoms with Crippen molar-refractivity contribution in [3.63, 3.8) is 0 Å². The molecule has 1 saturated heterocycles. The Morgan fingerprint density at radius 2 is 1.78 bits per heavy atom. The second kappa shape index (κ2) is 11.6. The van der Waals surface area contributed by atoms with Crippen LogP contribution in [0.1, 0.15) is 29.5 Å². The fourth-order valence-electron chi connectivity index (χ4n) is 4.73. The van der Waals surface area contributed by atoms with E-state index in [1.165, 1.54) is 5.56 Å². The molecule has 0 atom stereocenters. The largest absolute Gasteiger partial charge is 0.416 e. The van der Waals surface area contributed by atoms with E-state index in [0.717, 1.165) is 44.1 Å². The smallest absolute Gasteiger partial charge is 0.376 e. The zero-order valence-electron chi connectivity index (χ0n) is 21.6. The first-order chi connectivity index (χ1) is 17.5. The number of hydrogen-bond acceptors (Lipinski definition) is 4. The maximum atomic E-state index is 13.8. The molecule has 1 N–H and O–H groups in total. The van der Waals surface area contributed by atoms with Crippen LogP contribution in [0.4, 0.5) is 13.2 Å². The number of halogens is 4. The maximum Gasteiger partial charge on any atom is 0.416 e. The quantitative estimate of drug-likeness (QED) is 0.202. The summed E-state index contributed by atoms with van der Waals surface area (Å²) >= 11 is 3.46. The minimum absolute atomic E-state index is 0.0440. The summed E-state index contributed by atoms with van der Waals surface area (Å²) in [6.07, 6.45) is -2.66. The summed E-state index contributed by atoms with van der Waals surface area (Å²) in [4.78, 5) is 0. The molecule has 203 valence electrons. The third kappa shape index (κ3) is 7.03. The van der Waals surface area contributed by atoms with Crippen molar-refractivity contribution in [3.8, 4) is 0 Å². The SMILES string of the molecule is C[Si-](C)(C)CCOCn1nc2c(COCC3(c4ccccc4)CCNCC3)cc(C(F)(F)F)cc2c1Br. The van der Waals surface area contributed by atoms with Gasteiger partial charge in [0.15, 0.2) is 0 Å². The second-order valence-corrected chi connectivity index (χ2v) is 17.4. The van der Waals surface area contributed by atoms with Gasteiger partial charge in [-0.2, -0.15) is 37.9 Å². The lowest BCUT2D eigenvalue weighted by atomic mass is 9.74. The highest BCUT2D eigenvalue weighted by Gasteiger charge is 2.35. The number of ether oxygens (including phenoxy) is 2. The Balaban J connectivity index is 1.57. The van der Waals surface area contributed by atoms with E-state index < -0.39 is 19.8 Å². The zero-order chi connectivity index (χ0) is 26.7. The Bertz CT molecular complexity index is 1190. The summed E-state index contributed by atoms with van der Waals surface area (Å²) < 4.78 is 55.4. The van der Waals surface area contributed by atoms with E-state index in [-0.39, 0.29) is 18.8 Å². The van der Waals surface area contributed by atoms with E-state index in [4.69, 9.17) is 9.47 Å². The Morgan fingerprint density at radius 3 is 2.43 bits per heavy atom. The highest BCUT2D eigenvalue weighted by molar-refractivity contribution is 9.10. The van der Waals surface area contributed by atoms with Gasteiger partial charge >= 0.3 is 6.18 Å². The summed E-state index contributed by atoms with van der Waals surface area (Å²) in [5.41, 5.74) is 1.24. The van der Waals surface area contributed by atoms with Crippen LogP contribution in [-0.2, 0) is 34.4 Å². The van der Waals surface area contributed by atoms with E-state index in [2.05, 4.69) is 58.1 Å². The molecule has 0 radical (unpaired) electrons. The van der Waals surface area contributed by atoms with Gasteiger partial charge in [-0.15, -0.1) is 14.1 Å². The number of alkyl halides is 3. The first-order valence-corrected chi connectivity index (χ1v) is 17.2. The summed E-state index contributed by atoms with van der Waals surface area (Å²) in [5.74, 6) is 0. The molecule has 0 aliphatic carbocycles. The van der Waals surface area contributed by atoms with E-state index in [0.29, 0.717) is 34.3 Å². The minimum Gasteiger partial charge on any atom is -0.376 e. The number of aromatic nitrogens is 2. The predicted octanol–water partition coefficient (Wildman–Crippen LogP) is 6.97. The van der Waals surface area contributed by atoms with Crippen molar-refractivity contribution >= 4 is 34.9 Å². The van der Waals surface area contributed by atoms with Gasteiger partial charge in [0.25, 0.3) is 0 Å². The van der Waals surface area contributed by atoms with E-state index in [9.17, 15) is 13.2 Å². The molecule has 37 heavy (non-hydrogen) atoms. The van der Waals surface area contributed by atoms with Crippen LogP contribution >= 0.6 is 15.9 Å². The van der Waals surface area contributed by atoms with Crippen LogP contribution in [0.3, 0.4) is 0 Å².